The van der Waals surface area contributed by atoms with Gasteiger partial charge in [0, 0.05) is 56.4 Å². The van der Waals surface area contributed by atoms with Gasteiger partial charge in [-0.2, -0.15) is 0 Å². The van der Waals surface area contributed by atoms with Crippen LogP contribution in [0.2, 0.25) is 0 Å². The van der Waals surface area contributed by atoms with E-state index in [2.05, 4.69) is 280 Å². The van der Waals surface area contributed by atoms with Gasteiger partial charge in [0.2, 0.25) is 0 Å². The van der Waals surface area contributed by atoms with E-state index >= 15 is 0 Å². The van der Waals surface area contributed by atoms with Gasteiger partial charge in [0.25, 0.3) is 0 Å². The van der Waals surface area contributed by atoms with Crippen molar-refractivity contribution in [3.05, 3.63) is 278 Å². The summed E-state index contributed by atoms with van der Waals surface area (Å²) in [5, 5.41) is 4.82. The highest BCUT2D eigenvalue weighted by Gasteiger charge is 2.42. The fourth-order valence-electron chi connectivity index (χ4n) is 10.7. The van der Waals surface area contributed by atoms with Gasteiger partial charge in [-0.1, -0.05) is 164 Å². The van der Waals surface area contributed by atoms with Gasteiger partial charge >= 0.3 is 0 Å². The predicted octanol–water partition coefficient (Wildman–Crippen LogP) is 17.7. The highest BCUT2D eigenvalue weighted by Crippen LogP contribution is 2.62. The van der Waals surface area contributed by atoms with Gasteiger partial charge in [0.1, 0.15) is 0 Å². The van der Waals surface area contributed by atoms with E-state index in [0.29, 0.717) is 0 Å². The van der Waals surface area contributed by atoms with Crippen molar-refractivity contribution in [1.29, 1.82) is 0 Å². The van der Waals surface area contributed by atoms with Crippen molar-refractivity contribution < 1.29 is 0 Å². The predicted molar refractivity (Wildman–Crippen MR) is 281 cm³/mol. The van der Waals surface area contributed by atoms with Crippen molar-refractivity contribution in [1.82, 2.24) is 0 Å². The third kappa shape index (κ3) is 6.37. The van der Waals surface area contributed by atoms with Crippen LogP contribution in [0, 0.1) is 0 Å². The van der Waals surface area contributed by atoms with E-state index in [-0.39, 0.29) is 5.92 Å². The van der Waals surface area contributed by atoms with Crippen LogP contribution in [0.25, 0.3) is 21.5 Å². The molecule has 0 fully saturated rings. The molecule has 2 heterocycles. The monoisotopic (exact) mass is 856 g/mol. The van der Waals surface area contributed by atoms with E-state index < -0.39 is 0 Å². The van der Waals surface area contributed by atoms with E-state index in [4.69, 9.17) is 0 Å². The van der Waals surface area contributed by atoms with Crippen molar-refractivity contribution in [2.24, 2.45) is 0 Å². The second-order valence-electron chi connectivity index (χ2n) is 17.3. The van der Waals surface area contributed by atoms with E-state index in [9.17, 15) is 0 Å². The summed E-state index contributed by atoms with van der Waals surface area (Å²) in [7, 11) is 0. The molecule has 2 aliphatic rings. The first-order valence-electron chi connectivity index (χ1n) is 23.1. The summed E-state index contributed by atoms with van der Waals surface area (Å²) in [4.78, 5) is 9.83. The molecule has 67 heavy (non-hydrogen) atoms. The first-order valence-corrected chi connectivity index (χ1v) is 23.1. The largest absolute Gasteiger partial charge is 0.310 e. The molecule has 0 aliphatic carbocycles. The van der Waals surface area contributed by atoms with Crippen molar-refractivity contribution in [2.45, 2.75) is 5.92 Å². The molecule has 0 atom stereocenters. The van der Waals surface area contributed by atoms with Gasteiger partial charge in [-0.05, 0) is 119 Å². The molecule has 0 bridgehead atoms. The quantitative estimate of drug-likeness (QED) is 0.151. The average molecular weight is 857 g/mol. The van der Waals surface area contributed by atoms with Gasteiger partial charge in [-0.15, -0.1) is 0 Å². The van der Waals surface area contributed by atoms with Gasteiger partial charge < -0.3 is 19.6 Å². The summed E-state index contributed by atoms with van der Waals surface area (Å²) in [6.07, 6.45) is 0. The number of hydrogen-bond acceptors (Lipinski definition) is 4. The van der Waals surface area contributed by atoms with Crippen molar-refractivity contribution in [3.63, 3.8) is 0 Å². The van der Waals surface area contributed by atoms with Crippen LogP contribution in [0.15, 0.2) is 261 Å². The van der Waals surface area contributed by atoms with E-state index in [0.717, 1.165) is 56.9 Å². The molecule has 0 spiro atoms. The van der Waals surface area contributed by atoms with Crippen LogP contribution in [0.3, 0.4) is 0 Å². The maximum atomic E-state index is 2.54. The molecule has 13 rings (SSSR count). The lowest BCUT2D eigenvalue weighted by molar-refractivity contribution is 0.909. The Morgan fingerprint density at radius 2 is 0.582 bits per heavy atom. The zero-order chi connectivity index (χ0) is 44.3. The number of fused-ring (bicyclic) bond motifs is 6. The Kier molecular flexibility index (Phi) is 9.21. The van der Waals surface area contributed by atoms with Gasteiger partial charge in [0.05, 0.1) is 34.1 Å². The smallest absolute Gasteiger partial charge is 0.0540 e. The number of nitrogens with zero attached hydrogens (tertiary/aromatic N) is 4. The lowest BCUT2D eigenvalue weighted by Gasteiger charge is -2.46. The van der Waals surface area contributed by atoms with E-state index in [1.807, 2.05) is 0 Å². The molecular formula is C63H44N4. The van der Waals surface area contributed by atoms with Gasteiger partial charge in [-0.3, -0.25) is 0 Å². The Morgan fingerprint density at radius 3 is 0.985 bits per heavy atom. The standard InChI is InChI=1S/C63H44N4/c1-5-24-46(25-6-1)64(47-26-7-2-8-27-47)50-38-40-54-60(42-50)66(56-34-17-22-44-20-13-15-32-52(44)56)58-36-19-37-59-63(58)62(54)55-41-39-51(65(48-28-9-3-10-29-48)49-30-11-4-12-31-49)43-61(55)67(59)57-35-18-23-45-21-14-16-33-53(45)57/h1-43,62H. The molecule has 11 aromatic carbocycles. The Hall–Kier alpha value is -8.86. The average Bonchev–Trinajstić information content (AvgIpc) is 3.40. The summed E-state index contributed by atoms with van der Waals surface area (Å²) in [5.41, 5.74) is 17.3. The zero-order valence-electron chi connectivity index (χ0n) is 36.7. The first kappa shape index (κ1) is 38.6. The molecule has 0 aromatic heterocycles. The van der Waals surface area contributed by atoms with Crippen LogP contribution in [-0.4, -0.2) is 0 Å². The number of para-hydroxylation sites is 4. The molecule has 4 heteroatoms. The molecule has 0 amide bonds. The fraction of sp³-hybridized carbons (Fsp3) is 0.0159. The van der Waals surface area contributed by atoms with E-state index in [1.54, 1.807) is 0 Å². The molecule has 0 radical (unpaired) electrons. The summed E-state index contributed by atoms with van der Waals surface area (Å²) in [5.74, 6) is -0.0689. The van der Waals surface area contributed by atoms with Crippen LogP contribution in [-0.2, 0) is 0 Å². The number of hydrogen-bond donors (Lipinski definition) is 0. The number of rotatable bonds is 8. The van der Waals surface area contributed by atoms with Crippen LogP contribution in [0.5, 0.6) is 0 Å². The number of anilines is 12. The minimum absolute atomic E-state index is 0.0689. The Morgan fingerprint density at radius 1 is 0.254 bits per heavy atom. The number of benzene rings is 11. The molecule has 0 unspecified atom stereocenters. The SMILES string of the molecule is c1ccc(N(c2ccccc2)c2ccc3c(c2)N(c2cccc4ccccc24)c2cccc4c2C3c2ccc(N(c3ccccc3)c3ccccc3)cc2N4c2cccc3ccccc23)cc1. The van der Waals surface area contributed by atoms with Crippen molar-refractivity contribution in [3.8, 4) is 0 Å². The van der Waals surface area contributed by atoms with Crippen LogP contribution in [0.4, 0.5) is 68.2 Å². The summed E-state index contributed by atoms with van der Waals surface area (Å²) < 4.78 is 0. The van der Waals surface area contributed by atoms with E-state index in [1.165, 1.54) is 49.6 Å². The molecule has 11 aromatic rings. The summed E-state index contributed by atoms with van der Waals surface area (Å²) >= 11 is 0. The zero-order valence-corrected chi connectivity index (χ0v) is 36.7. The fourth-order valence-corrected chi connectivity index (χ4v) is 10.7. The van der Waals surface area contributed by atoms with Crippen LogP contribution in [0.1, 0.15) is 22.6 Å². The molecule has 0 saturated heterocycles. The minimum Gasteiger partial charge on any atom is -0.310 e. The van der Waals surface area contributed by atoms with Crippen LogP contribution >= 0.6 is 0 Å². The maximum absolute atomic E-state index is 2.54. The Balaban J connectivity index is 1.11. The summed E-state index contributed by atoms with van der Waals surface area (Å²) in [6, 6.07) is 95.1. The van der Waals surface area contributed by atoms with Crippen LogP contribution < -0.4 is 19.6 Å². The summed E-state index contributed by atoms with van der Waals surface area (Å²) in [6.45, 7) is 0. The van der Waals surface area contributed by atoms with Crippen molar-refractivity contribution in [2.75, 3.05) is 19.6 Å². The van der Waals surface area contributed by atoms with Gasteiger partial charge in [-0.25, -0.2) is 0 Å². The Bertz CT molecular complexity index is 3290. The first-order chi connectivity index (χ1) is 33.3. The third-order valence-corrected chi connectivity index (χ3v) is 13.6. The van der Waals surface area contributed by atoms with Crippen molar-refractivity contribution >= 4 is 89.8 Å². The molecule has 0 N–H and O–H groups in total. The molecule has 316 valence electrons. The highest BCUT2D eigenvalue weighted by atomic mass is 15.2. The second kappa shape index (κ2) is 16.0. The molecule has 0 saturated carbocycles. The molecule has 2 aliphatic heterocycles. The minimum atomic E-state index is -0.0689. The lowest BCUT2D eigenvalue weighted by Crippen LogP contribution is -2.29. The maximum Gasteiger partial charge on any atom is 0.0540 e. The normalized spacial score (nSPS) is 12.7. The topological polar surface area (TPSA) is 13.0 Å². The molecule has 4 nitrogen and oxygen atoms in total. The Labute approximate surface area is 391 Å². The third-order valence-electron chi connectivity index (χ3n) is 13.6. The lowest BCUT2D eigenvalue weighted by atomic mass is 9.75. The van der Waals surface area contributed by atoms with Gasteiger partial charge in [0.15, 0.2) is 0 Å². The highest BCUT2D eigenvalue weighted by molar-refractivity contribution is 6.06. The molecular weight excluding hydrogens is 813 g/mol. The second-order valence-corrected chi connectivity index (χ2v) is 17.3.